The van der Waals surface area contributed by atoms with Crippen LogP contribution in [0.3, 0.4) is 0 Å². The van der Waals surface area contributed by atoms with Crippen molar-refractivity contribution in [1.82, 2.24) is 14.3 Å². The summed E-state index contributed by atoms with van der Waals surface area (Å²) in [5.41, 5.74) is 9.83. The molecule has 0 amide bonds. The van der Waals surface area contributed by atoms with Crippen LogP contribution in [-0.2, 0) is 20.0 Å². The lowest BCUT2D eigenvalue weighted by Gasteiger charge is -2.09. The second-order valence-electron chi connectivity index (χ2n) is 5.73. The molecule has 2 heterocycles. The quantitative estimate of drug-likeness (QED) is 0.782. The van der Waals surface area contributed by atoms with E-state index in [1.165, 1.54) is 22.0 Å². The Bertz CT molecular complexity index is 738. The summed E-state index contributed by atoms with van der Waals surface area (Å²) in [6, 6.07) is 9.07. The van der Waals surface area contributed by atoms with Crippen molar-refractivity contribution in [2.45, 2.75) is 32.4 Å². The van der Waals surface area contributed by atoms with E-state index in [0.29, 0.717) is 0 Å². The Kier molecular flexibility index (Phi) is 3.80. The molecule has 1 aromatic carbocycles. The van der Waals surface area contributed by atoms with E-state index in [1.807, 2.05) is 17.9 Å². The van der Waals surface area contributed by atoms with Gasteiger partial charge in [-0.3, -0.25) is 4.68 Å². The van der Waals surface area contributed by atoms with Gasteiger partial charge >= 0.3 is 0 Å². The average molecular weight is 282 g/mol. The van der Waals surface area contributed by atoms with E-state index in [1.54, 1.807) is 0 Å². The molecule has 0 spiro atoms. The lowest BCUT2D eigenvalue weighted by molar-refractivity contribution is 0.647. The molecule has 0 aliphatic carbocycles. The van der Waals surface area contributed by atoms with Gasteiger partial charge in [-0.15, -0.1) is 0 Å². The fraction of sp³-hybridized carbons (Fsp3) is 0.353. The largest absolute Gasteiger partial charge is 0.343 e. The zero-order chi connectivity index (χ0) is 14.8. The summed E-state index contributed by atoms with van der Waals surface area (Å²) >= 11 is 0. The molecule has 0 fully saturated rings. The molecule has 1 unspecified atom stereocenters. The average Bonchev–Trinajstić information content (AvgIpc) is 3.06. The number of aromatic nitrogens is 3. The number of hydrogen-bond donors (Lipinski definition) is 1. The summed E-state index contributed by atoms with van der Waals surface area (Å²) in [6.07, 6.45) is 8.07. The first-order chi connectivity index (χ1) is 10.2. The Morgan fingerprint density at radius 3 is 2.81 bits per heavy atom. The molecule has 3 aromatic rings. The Labute approximate surface area is 125 Å². The van der Waals surface area contributed by atoms with Crippen molar-refractivity contribution in [2.24, 2.45) is 12.8 Å². The van der Waals surface area contributed by atoms with E-state index in [-0.39, 0.29) is 6.04 Å². The van der Waals surface area contributed by atoms with Crippen LogP contribution < -0.4 is 5.73 Å². The highest BCUT2D eigenvalue weighted by atomic mass is 15.2. The van der Waals surface area contributed by atoms with Crippen molar-refractivity contribution in [3.63, 3.8) is 0 Å². The van der Waals surface area contributed by atoms with Crippen LogP contribution in [-0.4, -0.2) is 20.4 Å². The molecule has 3 rings (SSSR count). The van der Waals surface area contributed by atoms with Crippen LogP contribution in [0.15, 0.2) is 42.9 Å². The summed E-state index contributed by atoms with van der Waals surface area (Å²) in [5, 5.41) is 5.50. The van der Waals surface area contributed by atoms with Gasteiger partial charge in [0, 0.05) is 36.6 Å². The Morgan fingerprint density at radius 2 is 2.10 bits per heavy atom. The summed E-state index contributed by atoms with van der Waals surface area (Å²) in [4.78, 5) is 0. The first-order valence-electron chi connectivity index (χ1n) is 7.46. The fourth-order valence-corrected chi connectivity index (χ4v) is 2.71. The first-order valence-corrected chi connectivity index (χ1v) is 7.46. The van der Waals surface area contributed by atoms with Crippen LogP contribution in [0.2, 0.25) is 0 Å². The topological polar surface area (TPSA) is 48.8 Å². The molecule has 0 aliphatic rings. The summed E-state index contributed by atoms with van der Waals surface area (Å²) < 4.78 is 4.10. The van der Waals surface area contributed by atoms with E-state index in [4.69, 9.17) is 5.73 Å². The van der Waals surface area contributed by atoms with Crippen molar-refractivity contribution in [3.05, 3.63) is 54.0 Å². The fourth-order valence-electron chi connectivity index (χ4n) is 2.71. The van der Waals surface area contributed by atoms with Crippen molar-refractivity contribution in [3.8, 4) is 0 Å². The van der Waals surface area contributed by atoms with Gasteiger partial charge in [-0.2, -0.15) is 5.10 Å². The number of aryl methyl sites for hydroxylation is 1. The van der Waals surface area contributed by atoms with Crippen molar-refractivity contribution in [2.75, 3.05) is 0 Å². The molecule has 4 nitrogen and oxygen atoms in total. The molecule has 0 saturated heterocycles. The highest BCUT2D eigenvalue weighted by Crippen LogP contribution is 2.20. The van der Waals surface area contributed by atoms with Crippen LogP contribution in [0.25, 0.3) is 10.9 Å². The standard InChI is InChI=1S/C17H22N4/c1-3-16(18)9-13-4-5-17-15(8-13)6-7-21(17)12-14-10-19-20(2)11-14/h4-8,10-11,16H,3,9,12,18H2,1-2H3. The summed E-state index contributed by atoms with van der Waals surface area (Å²) in [7, 11) is 1.94. The Balaban J connectivity index is 1.85. The van der Waals surface area contributed by atoms with Crippen LogP contribution in [0.1, 0.15) is 24.5 Å². The predicted octanol–water partition coefficient (Wildman–Crippen LogP) is 2.70. The highest BCUT2D eigenvalue weighted by molar-refractivity contribution is 5.81. The minimum atomic E-state index is 0.250. The molecule has 21 heavy (non-hydrogen) atoms. The van der Waals surface area contributed by atoms with Gasteiger partial charge in [-0.1, -0.05) is 13.0 Å². The van der Waals surface area contributed by atoms with Crippen molar-refractivity contribution in [1.29, 1.82) is 0 Å². The number of nitrogens with zero attached hydrogens (tertiary/aromatic N) is 3. The van der Waals surface area contributed by atoms with Crippen LogP contribution in [0.5, 0.6) is 0 Å². The first kappa shape index (κ1) is 13.9. The molecule has 2 aromatic heterocycles. The van der Waals surface area contributed by atoms with Gasteiger partial charge in [0.25, 0.3) is 0 Å². The van der Waals surface area contributed by atoms with E-state index < -0.39 is 0 Å². The molecule has 4 heteroatoms. The molecular formula is C17H22N4. The monoisotopic (exact) mass is 282 g/mol. The molecule has 0 radical (unpaired) electrons. The van der Waals surface area contributed by atoms with E-state index in [2.05, 4.69) is 53.2 Å². The van der Waals surface area contributed by atoms with Gasteiger partial charge in [0.2, 0.25) is 0 Å². The molecule has 2 N–H and O–H groups in total. The number of hydrogen-bond acceptors (Lipinski definition) is 2. The number of rotatable bonds is 5. The predicted molar refractivity (Wildman–Crippen MR) is 86.2 cm³/mol. The second kappa shape index (κ2) is 5.74. The Hall–Kier alpha value is -2.07. The molecule has 110 valence electrons. The maximum atomic E-state index is 6.04. The second-order valence-corrected chi connectivity index (χ2v) is 5.73. The van der Waals surface area contributed by atoms with Gasteiger partial charge in [-0.05, 0) is 42.0 Å². The number of benzene rings is 1. The molecule has 0 bridgehead atoms. The smallest absolute Gasteiger partial charge is 0.0539 e. The zero-order valence-electron chi connectivity index (χ0n) is 12.7. The highest BCUT2D eigenvalue weighted by Gasteiger charge is 2.06. The normalized spacial score (nSPS) is 12.9. The molecular weight excluding hydrogens is 260 g/mol. The third-order valence-electron chi connectivity index (χ3n) is 3.97. The zero-order valence-corrected chi connectivity index (χ0v) is 12.7. The Morgan fingerprint density at radius 1 is 1.24 bits per heavy atom. The van der Waals surface area contributed by atoms with Crippen LogP contribution in [0, 0.1) is 0 Å². The van der Waals surface area contributed by atoms with Gasteiger partial charge in [0.1, 0.15) is 0 Å². The van der Waals surface area contributed by atoms with Gasteiger partial charge < -0.3 is 10.3 Å². The third kappa shape index (κ3) is 3.00. The third-order valence-corrected chi connectivity index (χ3v) is 3.97. The number of fused-ring (bicyclic) bond motifs is 1. The van der Waals surface area contributed by atoms with Gasteiger partial charge in [0.15, 0.2) is 0 Å². The maximum absolute atomic E-state index is 6.04. The van der Waals surface area contributed by atoms with E-state index in [9.17, 15) is 0 Å². The van der Waals surface area contributed by atoms with Crippen LogP contribution in [0.4, 0.5) is 0 Å². The van der Waals surface area contributed by atoms with E-state index >= 15 is 0 Å². The van der Waals surface area contributed by atoms with E-state index in [0.717, 1.165) is 19.4 Å². The molecule has 0 aliphatic heterocycles. The minimum Gasteiger partial charge on any atom is -0.343 e. The number of nitrogens with two attached hydrogens (primary N) is 1. The summed E-state index contributed by atoms with van der Waals surface area (Å²) in [5.74, 6) is 0. The SMILES string of the molecule is CCC(N)Cc1ccc2c(ccn2Cc2cnn(C)c2)c1. The van der Waals surface area contributed by atoms with Crippen molar-refractivity contribution >= 4 is 10.9 Å². The van der Waals surface area contributed by atoms with Crippen LogP contribution >= 0.6 is 0 Å². The minimum absolute atomic E-state index is 0.250. The van der Waals surface area contributed by atoms with Gasteiger partial charge in [0.05, 0.1) is 12.7 Å². The molecule has 1 atom stereocenters. The summed E-state index contributed by atoms with van der Waals surface area (Å²) in [6.45, 7) is 2.98. The van der Waals surface area contributed by atoms with Gasteiger partial charge in [-0.25, -0.2) is 0 Å². The lowest BCUT2D eigenvalue weighted by Crippen LogP contribution is -2.21. The lowest BCUT2D eigenvalue weighted by atomic mass is 10.0. The van der Waals surface area contributed by atoms with Crippen molar-refractivity contribution < 1.29 is 0 Å². The maximum Gasteiger partial charge on any atom is 0.0539 e. The molecule has 0 saturated carbocycles.